The molecule has 112 valence electrons. The van der Waals surface area contributed by atoms with E-state index in [2.05, 4.69) is 21.2 Å². The molecule has 1 rings (SSSR count). The van der Waals surface area contributed by atoms with E-state index in [0.717, 1.165) is 0 Å². The average Bonchev–Trinajstić information content (AvgIpc) is 2.36. The number of primary sulfonamides is 1. The summed E-state index contributed by atoms with van der Waals surface area (Å²) in [6.07, 6.45) is 0.680. The Morgan fingerprint density at radius 1 is 1.45 bits per heavy atom. The molecule has 0 spiro atoms. The Hall–Kier alpha value is -0.960. The van der Waals surface area contributed by atoms with Crippen LogP contribution in [0.1, 0.15) is 22.3 Å². The summed E-state index contributed by atoms with van der Waals surface area (Å²) < 4.78 is 28.2. The lowest BCUT2D eigenvalue weighted by atomic mass is 10.1. The lowest BCUT2D eigenvalue weighted by Gasteiger charge is -2.10. The Balaban J connectivity index is 2.97. The van der Waals surface area contributed by atoms with Gasteiger partial charge in [0.2, 0.25) is 10.0 Å². The van der Waals surface area contributed by atoms with E-state index >= 15 is 0 Å². The molecule has 0 bridgehead atoms. The van der Waals surface area contributed by atoms with Crippen molar-refractivity contribution in [2.75, 3.05) is 20.3 Å². The highest BCUT2D eigenvalue weighted by Gasteiger charge is 2.18. The van der Waals surface area contributed by atoms with E-state index in [-0.39, 0.29) is 16.4 Å². The number of nitrogens with two attached hydrogens (primary N) is 1. The molecule has 8 heteroatoms. The van der Waals surface area contributed by atoms with Gasteiger partial charge in [0.25, 0.3) is 5.91 Å². The fourth-order valence-electron chi connectivity index (χ4n) is 1.60. The summed E-state index contributed by atoms with van der Waals surface area (Å²) in [5.74, 6) is -0.346. The van der Waals surface area contributed by atoms with E-state index in [1.54, 1.807) is 20.1 Å². The largest absolute Gasteiger partial charge is 0.385 e. The zero-order chi connectivity index (χ0) is 15.3. The predicted molar refractivity (Wildman–Crippen MR) is 79.1 cm³/mol. The lowest BCUT2D eigenvalue weighted by Crippen LogP contribution is -2.26. The van der Waals surface area contributed by atoms with Gasteiger partial charge in [0.05, 0.1) is 4.90 Å². The van der Waals surface area contributed by atoms with Gasteiger partial charge in [-0.3, -0.25) is 4.79 Å². The summed E-state index contributed by atoms with van der Waals surface area (Å²) in [5, 5.41) is 7.82. The molecular weight excluding hydrogens is 348 g/mol. The third kappa shape index (κ3) is 4.55. The summed E-state index contributed by atoms with van der Waals surface area (Å²) >= 11 is 3.17. The summed E-state index contributed by atoms with van der Waals surface area (Å²) in [4.78, 5) is 11.9. The Morgan fingerprint density at radius 2 is 2.10 bits per heavy atom. The summed E-state index contributed by atoms with van der Waals surface area (Å²) in [6.45, 7) is 2.69. The molecule has 0 atom stereocenters. The fraction of sp³-hybridized carbons (Fsp3) is 0.417. The third-order valence-electron chi connectivity index (χ3n) is 2.60. The standard InChI is InChI=1S/C12H17BrN2O4S/c1-8-6-9(12(16)15-4-3-5-19-2)7-10(11(8)13)20(14,17)18/h6-7H,3-5H2,1-2H3,(H,15,16)(H2,14,17,18). The van der Waals surface area contributed by atoms with Crippen molar-refractivity contribution in [2.24, 2.45) is 5.14 Å². The van der Waals surface area contributed by atoms with Crippen molar-refractivity contribution in [3.05, 3.63) is 27.7 Å². The maximum Gasteiger partial charge on any atom is 0.251 e. The van der Waals surface area contributed by atoms with E-state index in [4.69, 9.17) is 9.88 Å². The van der Waals surface area contributed by atoms with E-state index in [1.807, 2.05) is 0 Å². The quantitative estimate of drug-likeness (QED) is 0.740. The van der Waals surface area contributed by atoms with Gasteiger partial charge < -0.3 is 10.1 Å². The molecular formula is C12H17BrN2O4S. The first-order valence-corrected chi connectivity index (χ1v) is 8.21. The van der Waals surface area contributed by atoms with Gasteiger partial charge >= 0.3 is 0 Å². The van der Waals surface area contributed by atoms with Crippen LogP contribution in [0.25, 0.3) is 0 Å². The first-order valence-electron chi connectivity index (χ1n) is 5.87. The fourth-order valence-corrected chi connectivity index (χ4v) is 3.20. The third-order valence-corrected chi connectivity index (χ3v) is 4.85. The number of ether oxygens (including phenoxy) is 1. The number of benzene rings is 1. The smallest absolute Gasteiger partial charge is 0.251 e. The molecule has 6 nitrogen and oxygen atoms in total. The van der Waals surface area contributed by atoms with E-state index in [1.165, 1.54) is 6.07 Å². The maximum absolute atomic E-state index is 11.9. The minimum absolute atomic E-state index is 0.0976. The van der Waals surface area contributed by atoms with Crippen LogP contribution in [0.2, 0.25) is 0 Å². The minimum Gasteiger partial charge on any atom is -0.385 e. The van der Waals surface area contributed by atoms with Crippen LogP contribution in [0.5, 0.6) is 0 Å². The number of rotatable bonds is 6. The number of nitrogens with one attached hydrogen (secondary N) is 1. The van der Waals surface area contributed by atoms with Gasteiger partial charge in [-0.2, -0.15) is 0 Å². The normalized spacial score (nSPS) is 11.4. The topological polar surface area (TPSA) is 98.5 Å². The summed E-state index contributed by atoms with van der Waals surface area (Å²) in [6, 6.07) is 2.86. The van der Waals surface area contributed by atoms with Gasteiger partial charge in [-0.25, -0.2) is 13.6 Å². The van der Waals surface area contributed by atoms with Crippen LogP contribution >= 0.6 is 15.9 Å². The molecule has 1 aromatic rings. The predicted octanol–water partition coefficient (Wildman–Crippen LogP) is 1.17. The molecule has 0 aromatic heterocycles. The van der Waals surface area contributed by atoms with Crippen LogP contribution in [0.4, 0.5) is 0 Å². The number of aryl methyl sites for hydroxylation is 1. The van der Waals surface area contributed by atoms with E-state index in [9.17, 15) is 13.2 Å². The van der Waals surface area contributed by atoms with Crippen LogP contribution in [-0.4, -0.2) is 34.6 Å². The van der Waals surface area contributed by atoms with Crippen LogP contribution in [0.3, 0.4) is 0 Å². The van der Waals surface area contributed by atoms with Crippen molar-refractivity contribution in [1.29, 1.82) is 0 Å². The van der Waals surface area contributed by atoms with E-state index < -0.39 is 10.0 Å². The highest BCUT2D eigenvalue weighted by atomic mass is 79.9. The van der Waals surface area contributed by atoms with Gasteiger partial charge in [-0.1, -0.05) is 0 Å². The number of amides is 1. The second-order valence-corrected chi connectivity index (χ2v) is 6.58. The van der Waals surface area contributed by atoms with Crippen molar-refractivity contribution in [2.45, 2.75) is 18.2 Å². The maximum atomic E-state index is 11.9. The van der Waals surface area contributed by atoms with Crippen molar-refractivity contribution in [1.82, 2.24) is 5.32 Å². The van der Waals surface area contributed by atoms with Gasteiger partial charge in [0, 0.05) is 30.3 Å². The molecule has 0 unspecified atom stereocenters. The minimum atomic E-state index is -3.89. The number of hydrogen-bond acceptors (Lipinski definition) is 4. The second kappa shape index (κ2) is 7.16. The zero-order valence-electron chi connectivity index (χ0n) is 11.3. The Morgan fingerprint density at radius 3 is 2.65 bits per heavy atom. The molecule has 3 N–H and O–H groups in total. The summed E-state index contributed by atoms with van der Waals surface area (Å²) in [7, 11) is -2.31. The van der Waals surface area contributed by atoms with Crippen molar-refractivity contribution in [3.63, 3.8) is 0 Å². The molecule has 0 saturated heterocycles. The number of hydrogen-bond donors (Lipinski definition) is 2. The second-order valence-electron chi connectivity index (χ2n) is 4.25. The number of halogens is 1. The van der Waals surface area contributed by atoms with Gasteiger partial charge in [0.1, 0.15) is 0 Å². The van der Waals surface area contributed by atoms with Gasteiger partial charge in [-0.05, 0) is 47.0 Å². The van der Waals surface area contributed by atoms with Gasteiger partial charge in [-0.15, -0.1) is 0 Å². The monoisotopic (exact) mass is 364 g/mol. The molecule has 0 fully saturated rings. The molecule has 1 amide bonds. The van der Waals surface area contributed by atoms with Crippen LogP contribution in [-0.2, 0) is 14.8 Å². The lowest BCUT2D eigenvalue weighted by molar-refractivity contribution is 0.0948. The first-order chi connectivity index (χ1) is 9.27. The Bertz CT molecular complexity index is 602. The SMILES string of the molecule is COCCCNC(=O)c1cc(C)c(Br)c(S(N)(=O)=O)c1. The summed E-state index contributed by atoms with van der Waals surface area (Å²) in [5.41, 5.74) is 0.880. The van der Waals surface area contributed by atoms with E-state index in [0.29, 0.717) is 29.6 Å². The first kappa shape index (κ1) is 17.1. The molecule has 1 aromatic carbocycles. The van der Waals surface area contributed by atoms with Crippen molar-refractivity contribution in [3.8, 4) is 0 Å². The van der Waals surface area contributed by atoms with Crippen molar-refractivity contribution >= 4 is 31.9 Å². The number of carbonyl (C=O) groups is 1. The zero-order valence-corrected chi connectivity index (χ0v) is 13.7. The number of methoxy groups -OCH3 is 1. The number of sulfonamides is 1. The highest BCUT2D eigenvalue weighted by molar-refractivity contribution is 9.10. The molecule has 0 saturated carbocycles. The van der Waals surface area contributed by atoms with Crippen LogP contribution < -0.4 is 10.5 Å². The molecule has 20 heavy (non-hydrogen) atoms. The molecule has 0 aliphatic heterocycles. The van der Waals surface area contributed by atoms with Crippen LogP contribution in [0.15, 0.2) is 21.5 Å². The molecule has 0 heterocycles. The molecule has 0 radical (unpaired) electrons. The molecule has 0 aliphatic carbocycles. The average molecular weight is 365 g/mol. The Labute approximate surface area is 126 Å². The number of carbonyl (C=O) groups excluding carboxylic acids is 1. The van der Waals surface area contributed by atoms with Gasteiger partial charge in [0.15, 0.2) is 0 Å². The van der Waals surface area contributed by atoms with Crippen LogP contribution in [0, 0.1) is 6.92 Å². The van der Waals surface area contributed by atoms with Crippen molar-refractivity contribution < 1.29 is 17.9 Å². The highest BCUT2D eigenvalue weighted by Crippen LogP contribution is 2.26. The molecule has 0 aliphatic rings. The Kier molecular flexibility index (Phi) is 6.12.